The van der Waals surface area contributed by atoms with Gasteiger partial charge < -0.3 is 10.5 Å². The van der Waals surface area contributed by atoms with E-state index in [1.807, 2.05) is 18.2 Å². The van der Waals surface area contributed by atoms with Crippen molar-refractivity contribution in [2.24, 2.45) is 5.73 Å². The minimum atomic E-state index is -0.147. The van der Waals surface area contributed by atoms with Crippen LogP contribution in [0, 0.1) is 0 Å². The van der Waals surface area contributed by atoms with Gasteiger partial charge in [0, 0.05) is 10.5 Å². The molecule has 1 atom stereocenters. The molecule has 3 heteroatoms. The van der Waals surface area contributed by atoms with Crippen LogP contribution in [0.1, 0.15) is 11.6 Å². The van der Waals surface area contributed by atoms with E-state index in [0.29, 0.717) is 0 Å². The van der Waals surface area contributed by atoms with Crippen LogP contribution >= 0.6 is 15.9 Å². The molecule has 1 aromatic rings. The van der Waals surface area contributed by atoms with Gasteiger partial charge in [0.1, 0.15) is 5.75 Å². The average molecular weight is 242 g/mol. The van der Waals surface area contributed by atoms with Crippen molar-refractivity contribution in [3.63, 3.8) is 0 Å². The Hall–Kier alpha value is -0.800. The van der Waals surface area contributed by atoms with Crippen molar-refractivity contribution in [3.05, 3.63) is 40.9 Å². The minimum Gasteiger partial charge on any atom is -0.497 e. The Bertz CT molecular complexity index is 312. The van der Waals surface area contributed by atoms with Gasteiger partial charge in [-0.05, 0) is 23.8 Å². The van der Waals surface area contributed by atoms with Crippen molar-refractivity contribution in [1.29, 1.82) is 0 Å². The zero-order chi connectivity index (χ0) is 9.84. The van der Waals surface area contributed by atoms with Gasteiger partial charge in [-0.1, -0.05) is 22.0 Å². The Morgan fingerprint density at radius 1 is 1.54 bits per heavy atom. The molecule has 0 aromatic heterocycles. The van der Waals surface area contributed by atoms with Gasteiger partial charge in [-0.15, -0.1) is 6.58 Å². The predicted molar refractivity (Wildman–Crippen MR) is 57.8 cm³/mol. The summed E-state index contributed by atoms with van der Waals surface area (Å²) in [4.78, 5) is 0. The topological polar surface area (TPSA) is 35.2 Å². The molecule has 1 unspecified atom stereocenters. The number of benzene rings is 1. The minimum absolute atomic E-state index is 0.147. The molecule has 0 fully saturated rings. The van der Waals surface area contributed by atoms with Crippen LogP contribution < -0.4 is 10.5 Å². The fourth-order valence-electron chi connectivity index (χ4n) is 1.03. The largest absolute Gasteiger partial charge is 0.497 e. The summed E-state index contributed by atoms with van der Waals surface area (Å²) >= 11 is 3.38. The van der Waals surface area contributed by atoms with Crippen molar-refractivity contribution in [2.75, 3.05) is 7.11 Å². The number of ether oxygens (including phenoxy) is 1. The molecule has 0 saturated heterocycles. The van der Waals surface area contributed by atoms with Crippen molar-refractivity contribution >= 4 is 15.9 Å². The molecule has 0 heterocycles. The van der Waals surface area contributed by atoms with E-state index in [1.54, 1.807) is 13.2 Å². The zero-order valence-corrected chi connectivity index (χ0v) is 9.04. The highest BCUT2D eigenvalue weighted by Crippen LogP contribution is 2.24. The summed E-state index contributed by atoms with van der Waals surface area (Å²) in [5.74, 6) is 0.793. The summed E-state index contributed by atoms with van der Waals surface area (Å²) in [6.45, 7) is 3.64. The van der Waals surface area contributed by atoms with Crippen molar-refractivity contribution in [3.8, 4) is 5.75 Å². The second-order valence-electron chi connectivity index (χ2n) is 2.69. The maximum Gasteiger partial charge on any atom is 0.120 e. The number of rotatable bonds is 3. The summed E-state index contributed by atoms with van der Waals surface area (Å²) in [5.41, 5.74) is 6.78. The number of methoxy groups -OCH3 is 1. The summed E-state index contributed by atoms with van der Waals surface area (Å²) < 4.78 is 6.07. The highest BCUT2D eigenvalue weighted by molar-refractivity contribution is 9.10. The molecule has 0 radical (unpaired) electrons. The molecule has 2 nitrogen and oxygen atoms in total. The van der Waals surface area contributed by atoms with E-state index in [9.17, 15) is 0 Å². The Kier molecular flexibility index (Phi) is 3.51. The lowest BCUT2D eigenvalue weighted by Gasteiger charge is -2.09. The maximum absolute atomic E-state index is 5.79. The molecular formula is C10H12BrNO. The van der Waals surface area contributed by atoms with Crippen molar-refractivity contribution in [2.45, 2.75) is 6.04 Å². The number of hydrogen-bond donors (Lipinski definition) is 1. The van der Waals surface area contributed by atoms with Gasteiger partial charge >= 0.3 is 0 Å². The van der Waals surface area contributed by atoms with Crippen LogP contribution in [0.3, 0.4) is 0 Å². The highest BCUT2D eigenvalue weighted by atomic mass is 79.9. The maximum atomic E-state index is 5.79. The zero-order valence-electron chi connectivity index (χ0n) is 7.46. The normalized spacial score (nSPS) is 12.2. The van der Waals surface area contributed by atoms with Crippen LogP contribution in [0.25, 0.3) is 0 Å². The molecule has 0 saturated carbocycles. The van der Waals surface area contributed by atoms with E-state index >= 15 is 0 Å². The van der Waals surface area contributed by atoms with Crippen LogP contribution in [-0.4, -0.2) is 7.11 Å². The molecule has 13 heavy (non-hydrogen) atoms. The lowest BCUT2D eigenvalue weighted by Crippen LogP contribution is -2.06. The van der Waals surface area contributed by atoms with E-state index in [0.717, 1.165) is 15.8 Å². The molecule has 0 aliphatic heterocycles. The second kappa shape index (κ2) is 4.44. The smallest absolute Gasteiger partial charge is 0.120 e. The Morgan fingerprint density at radius 3 is 2.77 bits per heavy atom. The molecule has 0 spiro atoms. The number of nitrogens with two attached hydrogens (primary N) is 1. The fraction of sp³-hybridized carbons (Fsp3) is 0.200. The first-order chi connectivity index (χ1) is 6.17. The monoisotopic (exact) mass is 241 g/mol. The van der Waals surface area contributed by atoms with Gasteiger partial charge in [0.2, 0.25) is 0 Å². The molecule has 0 aliphatic rings. The lowest BCUT2D eigenvalue weighted by atomic mass is 10.1. The molecule has 2 N–H and O–H groups in total. The second-order valence-corrected chi connectivity index (χ2v) is 3.60. The summed E-state index contributed by atoms with van der Waals surface area (Å²) in [5, 5.41) is 0. The summed E-state index contributed by atoms with van der Waals surface area (Å²) in [6, 6.07) is 5.59. The third-order valence-corrected chi connectivity index (χ3v) is 2.23. The van der Waals surface area contributed by atoms with Crippen LogP contribution in [0.2, 0.25) is 0 Å². The van der Waals surface area contributed by atoms with Gasteiger partial charge in [-0.3, -0.25) is 0 Å². The summed E-state index contributed by atoms with van der Waals surface area (Å²) in [7, 11) is 1.63. The van der Waals surface area contributed by atoms with Crippen LogP contribution in [-0.2, 0) is 0 Å². The highest BCUT2D eigenvalue weighted by Gasteiger charge is 2.04. The van der Waals surface area contributed by atoms with Gasteiger partial charge in [0.05, 0.1) is 7.11 Å². The Balaban J connectivity index is 3.07. The first-order valence-electron chi connectivity index (χ1n) is 3.90. The van der Waals surface area contributed by atoms with Gasteiger partial charge in [0.15, 0.2) is 0 Å². The number of halogens is 1. The molecular weight excluding hydrogens is 230 g/mol. The Morgan fingerprint density at radius 2 is 2.23 bits per heavy atom. The third-order valence-electron chi connectivity index (χ3n) is 1.77. The molecule has 1 rings (SSSR count). The molecule has 70 valence electrons. The molecule has 0 bridgehead atoms. The SMILES string of the molecule is C=CC(N)c1cc(Br)cc(OC)c1. The van der Waals surface area contributed by atoms with E-state index in [2.05, 4.69) is 22.5 Å². The Labute approximate surface area is 86.5 Å². The van der Waals surface area contributed by atoms with Gasteiger partial charge in [-0.2, -0.15) is 0 Å². The first kappa shape index (κ1) is 10.3. The molecule has 0 amide bonds. The van der Waals surface area contributed by atoms with Crippen LogP contribution in [0.15, 0.2) is 35.3 Å². The van der Waals surface area contributed by atoms with Crippen LogP contribution in [0.5, 0.6) is 5.75 Å². The van der Waals surface area contributed by atoms with E-state index in [-0.39, 0.29) is 6.04 Å². The average Bonchev–Trinajstić information content (AvgIpc) is 2.15. The first-order valence-corrected chi connectivity index (χ1v) is 4.69. The third kappa shape index (κ3) is 2.57. The van der Waals surface area contributed by atoms with E-state index in [1.165, 1.54) is 0 Å². The molecule has 1 aromatic carbocycles. The molecule has 0 aliphatic carbocycles. The number of hydrogen-bond acceptors (Lipinski definition) is 2. The van der Waals surface area contributed by atoms with Crippen LogP contribution in [0.4, 0.5) is 0 Å². The van der Waals surface area contributed by atoms with Crippen molar-refractivity contribution in [1.82, 2.24) is 0 Å². The predicted octanol–water partition coefficient (Wildman–Crippen LogP) is 2.64. The van der Waals surface area contributed by atoms with E-state index in [4.69, 9.17) is 10.5 Å². The van der Waals surface area contributed by atoms with Gasteiger partial charge in [-0.25, -0.2) is 0 Å². The standard InChI is InChI=1S/C10H12BrNO/c1-3-10(12)7-4-8(11)6-9(5-7)13-2/h3-6,10H,1,12H2,2H3. The quantitative estimate of drug-likeness (QED) is 0.827. The fourth-order valence-corrected chi connectivity index (χ4v) is 1.52. The van der Waals surface area contributed by atoms with Gasteiger partial charge in [0.25, 0.3) is 0 Å². The van der Waals surface area contributed by atoms with Crippen molar-refractivity contribution < 1.29 is 4.74 Å². The summed E-state index contributed by atoms with van der Waals surface area (Å²) in [6.07, 6.45) is 1.70. The lowest BCUT2D eigenvalue weighted by molar-refractivity contribution is 0.414. The van der Waals surface area contributed by atoms with E-state index < -0.39 is 0 Å².